The fourth-order valence-corrected chi connectivity index (χ4v) is 1.74. The Labute approximate surface area is 106 Å². The monoisotopic (exact) mass is 244 g/mol. The van der Waals surface area contributed by atoms with Crippen LogP contribution in [0.25, 0.3) is 0 Å². The Bertz CT molecular complexity index is 521. The van der Waals surface area contributed by atoms with Gasteiger partial charge in [-0.1, -0.05) is 30.3 Å². The molecule has 0 bridgehead atoms. The van der Waals surface area contributed by atoms with Crippen LogP contribution in [0.1, 0.15) is 23.0 Å². The number of carbonyl (C=O) groups is 1. The molecule has 5 heteroatoms. The summed E-state index contributed by atoms with van der Waals surface area (Å²) in [5.41, 5.74) is 1.49. The first-order valence-electron chi connectivity index (χ1n) is 5.90. The van der Waals surface area contributed by atoms with Crippen LogP contribution in [0.4, 0.5) is 0 Å². The molecule has 0 aliphatic carbocycles. The first kappa shape index (κ1) is 12.3. The molecule has 2 aromatic rings. The van der Waals surface area contributed by atoms with Crippen LogP contribution in [0.15, 0.2) is 36.5 Å². The van der Waals surface area contributed by atoms with Crippen LogP contribution in [0.2, 0.25) is 0 Å². The third-order valence-corrected chi connectivity index (χ3v) is 2.70. The van der Waals surface area contributed by atoms with Gasteiger partial charge in [-0.05, 0) is 12.5 Å². The number of aromatic nitrogens is 3. The average molecular weight is 244 g/mol. The summed E-state index contributed by atoms with van der Waals surface area (Å²) >= 11 is 0. The maximum Gasteiger partial charge on any atom is 0.276 e. The standard InChI is InChI=1S/C13H16N4O/c1-3-17(10-11-7-5-4-6-8-11)13(18)12-9-14-16(2)15-12/h4-9H,3,10H2,1-2H3. The highest BCUT2D eigenvalue weighted by atomic mass is 16.2. The fourth-order valence-electron chi connectivity index (χ4n) is 1.74. The summed E-state index contributed by atoms with van der Waals surface area (Å²) in [7, 11) is 1.70. The van der Waals surface area contributed by atoms with Crippen molar-refractivity contribution in [2.45, 2.75) is 13.5 Å². The molecule has 1 amide bonds. The highest BCUT2D eigenvalue weighted by Gasteiger charge is 2.17. The zero-order valence-electron chi connectivity index (χ0n) is 10.6. The second kappa shape index (κ2) is 5.44. The van der Waals surface area contributed by atoms with Crippen molar-refractivity contribution in [2.24, 2.45) is 7.05 Å². The summed E-state index contributed by atoms with van der Waals surface area (Å²) in [6.07, 6.45) is 1.50. The first-order chi connectivity index (χ1) is 8.70. The lowest BCUT2D eigenvalue weighted by atomic mass is 10.2. The summed E-state index contributed by atoms with van der Waals surface area (Å²) < 4.78 is 0. The van der Waals surface area contributed by atoms with E-state index in [0.29, 0.717) is 18.8 Å². The number of benzene rings is 1. The van der Waals surface area contributed by atoms with Gasteiger partial charge in [-0.3, -0.25) is 4.79 Å². The molecule has 0 saturated carbocycles. The molecule has 0 radical (unpaired) electrons. The van der Waals surface area contributed by atoms with E-state index in [4.69, 9.17) is 0 Å². The van der Waals surface area contributed by atoms with Crippen LogP contribution in [0.5, 0.6) is 0 Å². The number of rotatable bonds is 4. The minimum absolute atomic E-state index is 0.0885. The van der Waals surface area contributed by atoms with Crippen LogP contribution in [0.3, 0.4) is 0 Å². The Morgan fingerprint density at radius 3 is 2.61 bits per heavy atom. The number of aryl methyl sites for hydroxylation is 1. The lowest BCUT2D eigenvalue weighted by Gasteiger charge is -2.19. The van der Waals surface area contributed by atoms with Crippen molar-refractivity contribution in [3.05, 3.63) is 47.8 Å². The van der Waals surface area contributed by atoms with Crippen molar-refractivity contribution in [1.82, 2.24) is 19.9 Å². The number of nitrogens with zero attached hydrogens (tertiary/aromatic N) is 4. The molecular formula is C13H16N4O. The molecule has 0 atom stereocenters. The molecule has 0 saturated heterocycles. The fraction of sp³-hybridized carbons (Fsp3) is 0.308. The smallest absolute Gasteiger partial charge is 0.276 e. The minimum Gasteiger partial charge on any atom is -0.333 e. The highest BCUT2D eigenvalue weighted by Crippen LogP contribution is 2.07. The third kappa shape index (κ3) is 2.74. The molecule has 5 nitrogen and oxygen atoms in total. The summed E-state index contributed by atoms with van der Waals surface area (Å²) in [5, 5.41) is 7.95. The van der Waals surface area contributed by atoms with E-state index in [2.05, 4.69) is 10.2 Å². The van der Waals surface area contributed by atoms with Crippen LogP contribution in [-0.4, -0.2) is 32.3 Å². The summed E-state index contributed by atoms with van der Waals surface area (Å²) in [5.74, 6) is -0.0885. The minimum atomic E-state index is -0.0885. The maximum atomic E-state index is 12.2. The number of carbonyl (C=O) groups excluding carboxylic acids is 1. The van der Waals surface area contributed by atoms with Crippen molar-refractivity contribution in [3.8, 4) is 0 Å². The average Bonchev–Trinajstić information content (AvgIpc) is 2.83. The van der Waals surface area contributed by atoms with Gasteiger partial charge < -0.3 is 4.90 Å². The van der Waals surface area contributed by atoms with Gasteiger partial charge in [0.05, 0.1) is 6.20 Å². The van der Waals surface area contributed by atoms with Crippen molar-refractivity contribution < 1.29 is 4.79 Å². The second-order valence-corrected chi connectivity index (χ2v) is 4.02. The van der Waals surface area contributed by atoms with Gasteiger partial charge in [-0.2, -0.15) is 9.90 Å². The van der Waals surface area contributed by atoms with E-state index < -0.39 is 0 Å². The van der Waals surface area contributed by atoms with Crippen LogP contribution >= 0.6 is 0 Å². The summed E-state index contributed by atoms with van der Waals surface area (Å²) in [6, 6.07) is 9.91. The predicted octanol–water partition coefficient (Wildman–Crippen LogP) is 1.48. The van der Waals surface area contributed by atoms with Gasteiger partial charge in [0, 0.05) is 20.1 Å². The molecule has 1 heterocycles. The number of hydrogen-bond donors (Lipinski definition) is 0. The molecule has 18 heavy (non-hydrogen) atoms. The van der Waals surface area contributed by atoms with E-state index >= 15 is 0 Å². The van der Waals surface area contributed by atoms with Gasteiger partial charge in [0.15, 0.2) is 5.69 Å². The molecule has 1 aromatic carbocycles. The van der Waals surface area contributed by atoms with E-state index in [1.807, 2.05) is 37.3 Å². The zero-order chi connectivity index (χ0) is 13.0. The molecule has 2 rings (SSSR count). The SMILES string of the molecule is CCN(Cc1ccccc1)C(=O)c1cnn(C)n1. The van der Waals surface area contributed by atoms with E-state index in [0.717, 1.165) is 5.56 Å². The molecular weight excluding hydrogens is 228 g/mol. The third-order valence-electron chi connectivity index (χ3n) is 2.70. The van der Waals surface area contributed by atoms with Gasteiger partial charge in [0.1, 0.15) is 0 Å². The van der Waals surface area contributed by atoms with Gasteiger partial charge in [0.25, 0.3) is 5.91 Å². The Hall–Kier alpha value is -2.17. The molecule has 0 N–H and O–H groups in total. The van der Waals surface area contributed by atoms with Gasteiger partial charge in [0.2, 0.25) is 0 Å². The van der Waals surface area contributed by atoms with Crippen molar-refractivity contribution in [1.29, 1.82) is 0 Å². The van der Waals surface area contributed by atoms with Gasteiger partial charge in [-0.15, -0.1) is 5.10 Å². The topological polar surface area (TPSA) is 51.0 Å². The second-order valence-electron chi connectivity index (χ2n) is 4.02. The molecule has 94 valence electrons. The van der Waals surface area contributed by atoms with Gasteiger partial charge in [-0.25, -0.2) is 0 Å². The Morgan fingerprint density at radius 1 is 1.33 bits per heavy atom. The summed E-state index contributed by atoms with van der Waals surface area (Å²) in [6.45, 7) is 3.19. The van der Waals surface area contributed by atoms with Crippen LogP contribution < -0.4 is 0 Å². The van der Waals surface area contributed by atoms with Crippen LogP contribution in [-0.2, 0) is 13.6 Å². The van der Waals surface area contributed by atoms with E-state index in [1.165, 1.54) is 11.0 Å². The Kier molecular flexibility index (Phi) is 3.72. The molecule has 0 aliphatic rings. The number of amides is 1. The molecule has 0 spiro atoms. The highest BCUT2D eigenvalue weighted by molar-refractivity contribution is 5.91. The van der Waals surface area contributed by atoms with E-state index in [1.54, 1.807) is 11.9 Å². The van der Waals surface area contributed by atoms with Crippen LogP contribution in [0, 0.1) is 0 Å². The predicted molar refractivity (Wildman–Crippen MR) is 67.9 cm³/mol. The molecule has 0 fully saturated rings. The van der Waals surface area contributed by atoms with E-state index in [-0.39, 0.29) is 5.91 Å². The lowest BCUT2D eigenvalue weighted by molar-refractivity contribution is 0.0746. The quantitative estimate of drug-likeness (QED) is 0.818. The van der Waals surface area contributed by atoms with Crippen molar-refractivity contribution in [2.75, 3.05) is 6.54 Å². The molecule has 1 aromatic heterocycles. The van der Waals surface area contributed by atoms with Crippen molar-refractivity contribution >= 4 is 5.91 Å². The number of hydrogen-bond acceptors (Lipinski definition) is 3. The van der Waals surface area contributed by atoms with Crippen molar-refractivity contribution in [3.63, 3.8) is 0 Å². The molecule has 0 aliphatic heterocycles. The normalized spacial score (nSPS) is 10.3. The largest absolute Gasteiger partial charge is 0.333 e. The molecule has 0 unspecified atom stereocenters. The lowest BCUT2D eigenvalue weighted by Crippen LogP contribution is -2.30. The first-order valence-corrected chi connectivity index (χ1v) is 5.90. The zero-order valence-corrected chi connectivity index (χ0v) is 10.6. The summed E-state index contributed by atoms with van der Waals surface area (Å²) in [4.78, 5) is 15.3. The maximum absolute atomic E-state index is 12.2. The Balaban J connectivity index is 2.12. The Morgan fingerprint density at radius 2 is 2.06 bits per heavy atom. The van der Waals surface area contributed by atoms with Gasteiger partial charge >= 0.3 is 0 Å². The van der Waals surface area contributed by atoms with E-state index in [9.17, 15) is 4.79 Å².